The number of aromatic amines is 1. The lowest BCUT2D eigenvalue weighted by atomic mass is 10.0. The average molecular weight is 290 g/mol. The Bertz CT molecular complexity index is 887. The molecule has 1 aliphatic carbocycles. The monoisotopic (exact) mass is 290 g/mol. The molecule has 1 atom stereocenters. The number of hydrogen-bond acceptors (Lipinski definition) is 3. The fourth-order valence-corrected chi connectivity index (χ4v) is 3.98. The van der Waals surface area contributed by atoms with Crippen molar-refractivity contribution in [3.05, 3.63) is 59.1 Å². The molecular weight excluding hydrogens is 276 g/mol. The summed E-state index contributed by atoms with van der Waals surface area (Å²) in [5.74, 6) is 0. The molecule has 1 unspecified atom stereocenters. The largest absolute Gasteiger partial charge is 0.347 e. The third kappa shape index (κ3) is 1.68. The quantitative estimate of drug-likeness (QED) is 0.916. The van der Waals surface area contributed by atoms with Gasteiger partial charge in [0, 0.05) is 18.5 Å². The third-order valence-corrected chi connectivity index (χ3v) is 5.94. The summed E-state index contributed by atoms with van der Waals surface area (Å²) in [5.41, 5.74) is 0.110. The highest BCUT2D eigenvalue weighted by Gasteiger charge is 2.38. The first-order valence-corrected chi connectivity index (χ1v) is 7.68. The fraction of sp³-hybridized carbons (Fsp3) is 0.214. The predicted octanol–water partition coefficient (Wildman–Crippen LogP) is 1.78. The zero-order valence-corrected chi connectivity index (χ0v) is 11.7. The maximum Gasteiger partial charge on any atom is 0.249 e. The number of pyridine rings is 1. The SMILES string of the molecule is CC1(S(=O)(=O)n2ccc3c(=O)cc[nH]c32)C=CC=CC1. The van der Waals surface area contributed by atoms with Crippen LogP contribution in [0.2, 0.25) is 0 Å². The van der Waals surface area contributed by atoms with Crippen LogP contribution in [0, 0.1) is 0 Å². The van der Waals surface area contributed by atoms with Gasteiger partial charge in [-0.05, 0) is 19.4 Å². The van der Waals surface area contributed by atoms with E-state index in [0.29, 0.717) is 17.5 Å². The highest BCUT2D eigenvalue weighted by molar-refractivity contribution is 7.91. The van der Waals surface area contributed by atoms with Crippen LogP contribution >= 0.6 is 0 Å². The van der Waals surface area contributed by atoms with Gasteiger partial charge in [-0.15, -0.1) is 0 Å². The normalized spacial score (nSPS) is 22.4. The molecule has 0 aromatic carbocycles. The summed E-state index contributed by atoms with van der Waals surface area (Å²) < 4.78 is 25.8. The minimum atomic E-state index is -3.65. The Balaban J connectivity index is 2.25. The first-order chi connectivity index (χ1) is 9.46. The zero-order valence-electron chi connectivity index (χ0n) is 10.9. The molecule has 2 heterocycles. The second kappa shape index (κ2) is 4.21. The van der Waals surface area contributed by atoms with Crippen molar-refractivity contribution in [2.24, 2.45) is 0 Å². The molecule has 5 nitrogen and oxygen atoms in total. The van der Waals surface area contributed by atoms with Crippen LogP contribution in [0.25, 0.3) is 11.0 Å². The predicted molar refractivity (Wildman–Crippen MR) is 78.2 cm³/mol. The first-order valence-electron chi connectivity index (χ1n) is 6.24. The van der Waals surface area contributed by atoms with Crippen LogP contribution < -0.4 is 5.43 Å². The molecular formula is C14H14N2O3S. The summed E-state index contributed by atoms with van der Waals surface area (Å²) in [6.07, 6.45) is 10.3. The molecule has 6 heteroatoms. The zero-order chi connectivity index (χ0) is 14.4. The minimum Gasteiger partial charge on any atom is -0.347 e. The van der Waals surface area contributed by atoms with E-state index in [-0.39, 0.29) is 5.43 Å². The summed E-state index contributed by atoms with van der Waals surface area (Å²) in [6, 6.07) is 2.90. The van der Waals surface area contributed by atoms with E-state index in [1.54, 1.807) is 19.1 Å². The first kappa shape index (κ1) is 12.9. The van der Waals surface area contributed by atoms with Crippen LogP contribution in [-0.2, 0) is 10.0 Å². The molecule has 1 N–H and O–H groups in total. The van der Waals surface area contributed by atoms with Crippen molar-refractivity contribution in [3.8, 4) is 0 Å². The number of nitrogens with one attached hydrogen (secondary N) is 1. The van der Waals surface area contributed by atoms with E-state index in [0.717, 1.165) is 3.97 Å². The lowest BCUT2D eigenvalue weighted by molar-refractivity contribution is 0.554. The number of allylic oxidation sites excluding steroid dienone is 3. The third-order valence-electron chi connectivity index (χ3n) is 3.64. The van der Waals surface area contributed by atoms with Crippen LogP contribution in [0.4, 0.5) is 0 Å². The van der Waals surface area contributed by atoms with Crippen molar-refractivity contribution in [1.82, 2.24) is 8.96 Å². The highest BCUT2D eigenvalue weighted by atomic mass is 32.2. The smallest absolute Gasteiger partial charge is 0.249 e. The molecule has 0 saturated heterocycles. The van der Waals surface area contributed by atoms with Gasteiger partial charge in [0.15, 0.2) is 5.43 Å². The molecule has 104 valence electrons. The lowest BCUT2D eigenvalue weighted by Crippen LogP contribution is -2.37. The molecule has 2 aromatic rings. The Morgan fingerprint density at radius 2 is 2.10 bits per heavy atom. The molecule has 1 aliphatic rings. The average Bonchev–Trinajstić information content (AvgIpc) is 2.85. The van der Waals surface area contributed by atoms with Crippen LogP contribution in [0.1, 0.15) is 13.3 Å². The highest BCUT2D eigenvalue weighted by Crippen LogP contribution is 2.30. The van der Waals surface area contributed by atoms with E-state index in [4.69, 9.17) is 0 Å². The van der Waals surface area contributed by atoms with Crippen molar-refractivity contribution in [1.29, 1.82) is 0 Å². The Kier molecular flexibility index (Phi) is 2.72. The van der Waals surface area contributed by atoms with Crippen molar-refractivity contribution >= 4 is 21.1 Å². The maximum absolute atomic E-state index is 12.9. The Morgan fingerprint density at radius 3 is 2.80 bits per heavy atom. The van der Waals surface area contributed by atoms with E-state index in [1.807, 2.05) is 12.2 Å². The summed E-state index contributed by atoms with van der Waals surface area (Å²) in [6.45, 7) is 1.68. The van der Waals surface area contributed by atoms with Crippen molar-refractivity contribution in [2.75, 3.05) is 0 Å². The van der Waals surface area contributed by atoms with E-state index < -0.39 is 14.8 Å². The van der Waals surface area contributed by atoms with Crippen LogP contribution in [0.3, 0.4) is 0 Å². The van der Waals surface area contributed by atoms with Gasteiger partial charge < -0.3 is 4.98 Å². The minimum absolute atomic E-state index is 0.197. The van der Waals surface area contributed by atoms with Gasteiger partial charge >= 0.3 is 0 Å². The summed E-state index contributed by atoms with van der Waals surface area (Å²) in [4.78, 5) is 14.6. The summed E-state index contributed by atoms with van der Waals surface area (Å²) >= 11 is 0. The Hall–Kier alpha value is -2.08. The molecule has 0 radical (unpaired) electrons. The van der Waals surface area contributed by atoms with E-state index in [9.17, 15) is 13.2 Å². The molecule has 0 bridgehead atoms. The number of H-pyrrole nitrogens is 1. The molecule has 0 aliphatic heterocycles. The molecule has 2 aromatic heterocycles. The topological polar surface area (TPSA) is 71.9 Å². The van der Waals surface area contributed by atoms with Crippen LogP contribution in [0.15, 0.2) is 53.6 Å². The standard InChI is InChI=1S/C14H14N2O3S/c1-14(7-3-2-4-8-14)20(18,19)16-10-6-11-12(17)5-9-15-13(11)16/h2-7,9-10H,8H2,1H3,(H,15,17). The van der Waals surface area contributed by atoms with Gasteiger partial charge in [-0.1, -0.05) is 24.3 Å². The van der Waals surface area contributed by atoms with Gasteiger partial charge in [0.25, 0.3) is 0 Å². The fourth-order valence-electron chi connectivity index (χ4n) is 2.36. The summed E-state index contributed by atoms with van der Waals surface area (Å²) in [5, 5.41) is 0.370. The molecule has 0 amide bonds. The summed E-state index contributed by atoms with van der Waals surface area (Å²) in [7, 11) is -3.65. The van der Waals surface area contributed by atoms with Crippen molar-refractivity contribution in [3.63, 3.8) is 0 Å². The van der Waals surface area contributed by atoms with Crippen molar-refractivity contribution in [2.45, 2.75) is 18.1 Å². The number of hydrogen-bond donors (Lipinski definition) is 1. The molecule has 0 spiro atoms. The second-order valence-electron chi connectivity index (χ2n) is 5.02. The van der Waals surface area contributed by atoms with Gasteiger partial charge in [-0.2, -0.15) is 0 Å². The van der Waals surface area contributed by atoms with E-state index in [2.05, 4.69) is 4.98 Å². The van der Waals surface area contributed by atoms with Crippen LogP contribution in [-0.4, -0.2) is 22.1 Å². The van der Waals surface area contributed by atoms with E-state index in [1.165, 1.54) is 24.5 Å². The van der Waals surface area contributed by atoms with Gasteiger partial charge in [-0.25, -0.2) is 12.4 Å². The maximum atomic E-state index is 12.9. The van der Waals surface area contributed by atoms with Gasteiger partial charge in [0.2, 0.25) is 10.0 Å². The molecule has 0 fully saturated rings. The van der Waals surface area contributed by atoms with E-state index >= 15 is 0 Å². The van der Waals surface area contributed by atoms with Gasteiger partial charge in [-0.3, -0.25) is 4.79 Å². The number of rotatable bonds is 2. The second-order valence-corrected chi connectivity index (χ2v) is 7.30. The van der Waals surface area contributed by atoms with Crippen LogP contribution in [0.5, 0.6) is 0 Å². The number of nitrogens with zero attached hydrogens (tertiary/aromatic N) is 1. The molecule has 3 rings (SSSR count). The van der Waals surface area contributed by atoms with Gasteiger partial charge in [0.1, 0.15) is 10.4 Å². The number of fused-ring (bicyclic) bond motifs is 1. The lowest BCUT2D eigenvalue weighted by Gasteiger charge is -2.27. The Labute approximate surface area is 116 Å². The molecule has 20 heavy (non-hydrogen) atoms. The number of aromatic nitrogens is 2. The van der Waals surface area contributed by atoms with Gasteiger partial charge in [0.05, 0.1) is 5.39 Å². The van der Waals surface area contributed by atoms with Crippen molar-refractivity contribution < 1.29 is 8.42 Å². The molecule has 0 saturated carbocycles. The Morgan fingerprint density at radius 1 is 1.30 bits per heavy atom.